The molecule has 0 bridgehead atoms. The number of benzene rings is 1. The minimum absolute atomic E-state index is 0.0119. The van der Waals surface area contributed by atoms with Gasteiger partial charge in [0.15, 0.2) is 0 Å². The van der Waals surface area contributed by atoms with E-state index in [9.17, 15) is 5.11 Å². The lowest BCUT2D eigenvalue weighted by molar-refractivity contribution is 0.132. The number of aliphatic hydroxyl groups excluding tert-OH is 1. The van der Waals surface area contributed by atoms with Crippen LogP contribution in [0, 0.1) is 0 Å². The number of methoxy groups -OCH3 is 1. The van der Waals surface area contributed by atoms with Crippen LogP contribution in [0.15, 0.2) is 18.2 Å². The molecule has 0 radical (unpaired) electrons. The molecule has 2 unspecified atom stereocenters. The Kier molecular flexibility index (Phi) is 7.03. The summed E-state index contributed by atoms with van der Waals surface area (Å²) in [5.41, 5.74) is 2.09. The third kappa shape index (κ3) is 4.50. The van der Waals surface area contributed by atoms with Gasteiger partial charge in [-0.25, -0.2) is 0 Å². The Bertz CT molecular complexity index is 404. The van der Waals surface area contributed by atoms with Crippen LogP contribution in [0.2, 0.25) is 0 Å². The first-order valence-electron chi connectivity index (χ1n) is 7.60. The maximum atomic E-state index is 10.6. The summed E-state index contributed by atoms with van der Waals surface area (Å²) in [5.74, 6) is 1.20. The summed E-state index contributed by atoms with van der Waals surface area (Å²) >= 11 is 0. The van der Waals surface area contributed by atoms with Crippen molar-refractivity contribution in [2.24, 2.45) is 0 Å². The van der Waals surface area contributed by atoms with E-state index in [1.165, 1.54) is 5.56 Å². The lowest BCUT2D eigenvalue weighted by Gasteiger charge is -2.23. The van der Waals surface area contributed by atoms with Crippen LogP contribution >= 0.6 is 0 Å². The number of nitrogens with one attached hydrogen (secondary N) is 1. The number of unbranched alkanes of at least 4 members (excludes halogenated alkanes) is 1. The molecule has 1 aromatic rings. The molecule has 0 fully saturated rings. The normalized spacial score (nSPS) is 14.3. The lowest BCUT2D eigenvalue weighted by atomic mass is 9.95. The summed E-state index contributed by atoms with van der Waals surface area (Å²) in [6.45, 7) is 9.42. The van der Waals surface area contributed by atoms with Crippen LogP contribution < -0.4 is 10.1 Å². The van der Waals surface area contributed by atoms with Crippen LogP contribution in [-0.4, -0.2) is 24.8 Å². The lowest BCUT2D eigenvalue weighted by Crippen LogP contribution is -2.33. The maximum absolute atomic E-state index is 10.6. The minimum Gasteiger partial charge on any atom is -0.496 e. The summed E-state index contributed by atoms with van der Waals surface area (Å²) in [6, 6.07) is 6.09. The van der Waals surface area contributed by atoms with Crippen molar-refractivity contribution < 1.29 is 9.84 Å². The van der Waals surface area contributed by atoms with E-state index in [1.54, 1.807) is 7.11 Å². The zero-order valence-corrected chi connectivity index (χ0v) is 13.4. The van der Waals surface area contributed by atoms with Crippen molar-refractivity contribution in [1.29, 1.82) is 0 Å². The van der Waals surface area contributed by atoms with Gasteiger partial charge in [-0.05, 0) is 43.5 Å². The monoisotopic (exact) mass is 279 g/mol. The summed E-state index contributed by atoms with van der Waals surface area (Å²) < 4.78 is 5.39. The van der Waals surface area contributed by atoms with E-state index >= 15 is 0 Å². The van der Waals surface area contributed by atoms with Gasteiger partial charge in [0.1, 0.15) is 5.75 Å². The number of ether oxygens (including phenoxy) is 1. The van der Waals surface area contributed by atoms with Gasteiger partial charge in [-0.2, -0.15) is 0 Å². The number of hydrogen-bond donors (Lipinski definition) is 2. The highest BCUT2D eigenvalue weighted by Crippen LogP contribution is 2.30. The molecule has 0 saturated carbocycles. The van der Waals surface area contributed by atoms with Gasteiger partial charge in [-0.15, -0.1) is 0 Å². The van der Waals surface area contributed by atoms with Crippen LogP contribution in [0.4, 0.5) is 0 Å². The molecule has 0 aliphatic rings. The van der Waals surface area contributed by atoms with Crippen LogP contribution in [0.25, 0.3) is 0 Å². The summed E-state index contributed by atoms with van der Waals surface area (Å²) in [5, 5.41) is 13.9. The Morgan fingerprint density at radius 3 is 2.50 bits per heavy atom. The van der Waals surface area contributed by atoms with Gasteiger partial charge in [0, 0.05) is 11.6 Å². The first-order valence-corrected chi connectivity index (χ1v) is 7.60. The molecule has 0 amide bonds. The Morgan fingerprint density at radius 1 is 1.25 bits per heavy atom. The van der Waals surface area contributed by atoms with Gasteiger partial charge in [0.2, 0.25) is 0 Å². The highest BCUT2D eigenvalue weighted by atomic mass is 16.5. The number of rotatable bonds is 8. The van der Waals surface area contributed by atoms with Crippen molar-refractivity contribution in [2.75, 3.05) is 13.7 Å². The molecule has 3 nitrogen and oxygen atoms in total. The standard InChI is InChI=1S/C17H29NO2/c1-6-7-10-18-13(4)17(19)15-11-14(12(2)3)8-9-16(15)20-5/h8-9,11-13,17-19H,6-7,10H2,1-5H3. The largest absolute Gasteiger partial charge is 0.496 e. The second kappa shape index (κ2) is 8.28. The SMILES string of the molecule is CCCCNC(C)C(O)c1cc(C(C)C)ccc1OC. The molecule has 114 valence electrons. The molecular weight excluding hydrogens is 250 g/mol. The topological polar surface area (TPSA) is 41.5 Å². The van der Waals surface area contributed by atoms with Gasteiger partial charge in [-0.3, -0.25) is 0 Å². The molecule has 0 aromatic heterocycles. The molecule has 1 aromatic carbocycles. The average Bonchev–Trinajstić information content (AvgIpc) is 2.45. The van der Waals surface area contributed by atoms with E-state index in [1.807, 2.05) is 13.0 Å². The van der Waals surface area contributed by atoms with Gasteiger partial charge >= 0.3 is 0 Å². The van der Waals surface area contributed by atoms with Crippen molar-refractivity contribution in [1.82, 2.24) is 5.32 Å². The van der Waals surface area contributed by atoms with Crippen molar-refractivity contribution in [3.05, 3.63) is 29.3 Å². The maximum Gasteiger partial charge on any atom is 0.124 e. The first kappa shape index (κ1) is 17.0. The molecule has 0 spiro atoms. The molecule has 2 N–H and O–H groups in total. The minimum atomic E-state index is -0.555. The van der Waals surface area contributed by atoms with E-state index in [4.69, 9.17) is 4.74 Å². The van der Waals surface area contributed by atoms with Crippen molar-refractivity contribution in [3.63, 3.8) is 0 Å². The Hall–Kier alpha value is -1.06. The van der Waals surface area contributed by atoms with Crippen molar-refractivity contribution >= 4 is 0 Å². The van der Waals surface area contributed by atoms with Crippen LogP contribution in [-0.2, 0) is 0 Å². The van der Waals surface area contributed by atoms with Crippen LogP contribution in [0.1, 0.15) is 63.7 Å². The van der Waals surface area contributed by atoms with E-state index in [2.05, 4.69) is 38.2 Å². The van der Waals surface area contributed by atoms with Gasteiger partial charge < -0.3 is 15.2 Å². The van der Waals surface area contributed by atoms with Gasteiger partial charge in [-0.1, -0.05) is 33.3 Å². The molecule has 1 rings (SSSR count). The van der Waals surface area contributed by atoms with Crippen molar-refractivity contribution in [2.45, 2.75) is 58.6 Å². The highest BCUT2D eigenvalue weighted by molar-refractivity contribution is 5.40. The molecule has 0 heterocycles. The second-order valence-corrected chi connectivity index (χ2v) is 5.70. The Balaban J connectivity index is 2.88. The van der Waals surface area contributed by atoms with Crippen LogP contribution in [0.3, 0.4) is 0 Å². The average molecular weight is 279 g/mol. The smallest absolute Gasteiger partial charge is 0.124 e. The fraction of sp³-hybridized carbons (Fsp3) is 0.647. The third-order valence-corrected chi connectivity index (χ3v) is 3.71. The molecular formula is C17H29NO2. The van der Waals surface area contributed by atoms with E-state index < -0.39 is 6.10 Å². The fourth-order valence-corrected chi connectivity index (χ4v) is 2.23. The van der Waals surface area contributed by atoms with E-state index in [0.717, 1.165) is 30.7 Å². The van der Waals surface area contributed by atoms with Gasteiger partial charge in [0.25, 0.3) is 0 Å². The van der Waals surface area contributed by atoms with E-state index in [-0.39, 0.29) is 6.04 Å². The zero-order chi connectivity index (χ0) is 15.1. The quantitative estimate of drug-likeness (QED) is 0.714. The number of hydrogen-bond acceptors (Lipinski definition) is 3. The Morgan fingerprint density at radius 2 is 1.95 bits per heavy atom. The van der Waals surface area contributed by atoms with Crippen LogP contribution in [0.5, 0.6) is 5.75 Å². The number of aliphatic hydroxyl groups is 1. The molecule has 2 atom stereocenters. The molecule has 20 heavy (non-hydrogen) atoms. The first-order chi connectivity index (χ1) is 9.51. The fourth-order valence-electron chi connectivity index (χ4n) is 2.23. The zero-order valence-electron chi connectivity index (χ0n) is 13.4. The summed E-state index contributed by atoms with van der Waals surface area (Å²) in [4.78, 5) is 0. The predicted molar refractivity (Wildman–Crippen MR) is 84.4 cm³/mol. The Labute approximate surface area is 123 Å². The second-order valence-electron chi connectivity index (χ2n) is 5.70. The molecule has 0 aliphatic heterocycles. The summed E-state index contributed by atoms with van der Waals surface area (Å²) in [7, 11) is 1.65. The predicted octanol–water partition coefficient (Wildman–Crippen LogP) is 3.63. The molecule has 0 saturated heterocycles. The van der Waals surface area contributed by atoms with Crippen molar-refractivity contribution in [3.8, 4) is 5.75 Å². The third-order valence-electron chi connectivity index (χ3n) is 3.71. The molecule has 0 aliphatic carbocycles. The molecule has 3 heteroatoms. The summed E-state index contributed by atoms with van der Waals surface area (Å²) in [6.07, 6.45) is 1.72. The van der Waals surface area contributed by atoms with Gasteiger partial charge in [0.05, 0.1) is 13.2 Å². The highest BCUT2D eigenvalue weighted by Gasteiger charge is 2.20. The van der Waals surface area contributed by atoms with E-state index in [0.29, 0.717) is 5.92 Å².